The van der Waals surface area contributed by atoms with E-state index >= 15 is 0 Å². The number of hydrogen-bond donors (Lipinski definition) is 0. The van der Waals surface area contributed by atoms with Crippen molar-refractivity contribution >= 4 is 44.9 Å². The molecular weight excluding hydrogens is 363 g/mol. The average molecular weight is 374 g/mol. The fraction of sp³-hybridized carbons (Fsp3) is 0.133. The number of halogens is 3. The van der Waals surface area contributed by atoms with Crippen LogP contribution < -0.4 is 4.74 Å². The molecule has 0 aliphatic heterocycles. The summed E-state index contributed by atoms with van der Waals surface area (Å²) in [4.78, 5) is 12.5. The molecular formula is C15H11BrCl2O2. The van der Waals surface area contributed by atoms with Gasteiger partial charge in [-0.3, -0.25) is 4.79 Å². The molecule has 104 valence electrons. The number of ether oxygens (including phenoxy) is 1. The molecule has 2 aromatic rings. The summed E-state index contributed by atoms with van der Waals surface area (Å²) < 4.78 is 6.04. The minimum Gasteiger partial charge on any atom is -0.494 e. The van der Waals surface area contributed by atoms with Gasteiger partial charge in [-0.1, -0.05) is 29.3 Å². The Morgan fingerprint density at radius 3 is 2.60 bits per heavy atom. The molecule has 0 fully saturated rings. The summed E-state index contributed by atoms with van der Waals surface area (Å²) in [5.41, 5.74) is 0.890. The van der Waals surface area contributed by atoms with Gasteiger partial charge in [0.2, 0.25) is 0 Å². The van der Waals surface area contributed by atoms with Crippen molar-refractivity contribution in [1.29, 1.82) is 0 Å². The molecule has 0 aliphatic carbocycles. The smallest absolute Gasteiger partial charge is 0.195 e. The van der Waals surface area contributed by atoms with Crippen LogP contribution in [0.5, 0.6) is 5.75 Å². The molecule has 0 bridgehead atoms. The van der Waals surface area contributed by atoms with Crippen LogP contribution in [0.3, 0.4) is 0 Å². The Kier molecular flexibility index (Phi) is 5.08. The summed E-state index contributed by atoms with van der Waals surface area (Å²) in [6, 6.07) is 10.2. The van der Waals surface area contributed by atoms with Crippen LogP contribution in [0.2, 0.25) is 10.0 Å². The summed E-state index contributed by atoms with van der Waals surface area (Å²) in [5.74, 6) is 0.514. The highest BCUT2D eigenvalue weighted by molar-refractivity contribution is 9.10. The van der Waals surface area contributed by atoms with Gasteiger partial charge in [-0.2, -0.15) is 0 Å². The van der Waals surface area contributed by atoms with E-state index in [1.165, 1.54) is 0 Å². The molecule has 0 aromatic heterocycles. The summed E-state index contributed by atoms with van der Waals surface area (Å²) >= 11 is 15.4. The van der Waals surface area contributed by atoms with E-state index in [0.717, 1.165) is 0 Å². The van der Waals surface area contributed by atoms with E-state index in [2.05, 4.69) is 15.9 Å². The quantitative estimate of drug-likeness (QED) is 0.672. The van der Waals surface area contributed by atoms with Gasteiger partial charge in [0.25, 0.3) is 0 Å². The van der Waals surface area contributed by atoms with Gasteiger partial charge < -0.3 is 4.74 Å². The third kappa shape index (κ3) is 3.17. The van der Waals surface area contributed by atoms with E-state index in [0.29, 0.717) is 33.0 Å². The van der Waals surface area contributed by atoms with Gasteiger partial charge in [0.15, 0.2) is 5.78 Å². The van der Waals surface area contributed by atoms with Crippen LogP contribution in [0.15, 0.2) is 40.9 Å². The summed E-state index contributed by atoms with van der Waals surface area (Å²) in [7, 11) is 0. The molecule has 20 heavy (non-hydrogen) atoms. The molecule has 0 spiro atoms. The molecule has 2 aromatic carbocycles. The second kappa shape index (κ2) is 6.61. The third-order valence-electron chi connectivity index (χ3n) is 2.69. The number of ketones is 1. The van der Waals surface area contributed by atoms with Crippen LogP contribution >= 0.6 is 39.1 Å². The summed E-state index contributed by atoms with van der Waals surface area (Å²) in [6.07, 6.45) is 0. The first-order chi connectivity index (χ1) is 9.54. The van der Waals surface area contributed by atoms with Crippen molar-refractivity contribution in [2.45, 2.75) is 6.92 Å². The molecule has 0 saturated carbocycles. The minimum atomic E-state index is -0.188. The topological polar surface area (TPSA) is 26.3 Å². The molecule has 2 rings (SSSR count). The van der Waals surface area contributed by atoms with Gasteiger partial charge >= 0.3 is 0 Å². The van der Waals surface area contributed by atoms with Crippen molar-refractivity contribution in [2.24, 2.45) is 0 Å². The molecule has 0 amide bonds. The lowest BCUT2D eigenvalue weighted by Gasteiger charge is -2.09. The van der Waals surface area contributed by atoms with Gasteiger partial charge in [-0.05, 0) is 53.2 Å². The standard InChI is InChI=1S/C15H11BrCl2O2/c1-2-20-9-6-7-10(12(16)8-9)15(19)11-4-3-5-13(17)14(11)18/h3-8H,2H2,1H3. The first-order valence-corrected chi connectivity index (χ1v) is 7.50. The lowest BCUT2D eigenvalue weighted by molar-refractivity contribution is 0.103. The van der Waals surface area contributed by atoms with Crippen LogP contribution in [0, 0.1) is 0 Å². The minimum absolute atomic E-state index is 0.188. The SMILES string of the molecule is CCOc1ccc(C(=O)c2cccc(Cl)c2Cl)c(Br)c1. The zero-order chi connectivity index (χ0) is 14.7. The number of benzene rings is 2. The summed E-state index contributed by atoms with van der Waals surface area (Å²) in [5, 5.41) is 0.625. The zero-order valence-electron chi connectivity index (χ0n) is 10.6. The normalized spacial score (nSPS) is 10.4. The molecule has 0 N–H and O–H groups in total. The predicted molar refractivity (Wildman–Crippen MR) is 85.2 cm³/mol. The fourth-order valence-electron chi connectivity index (χ4n) is 1.76. The molecule has 0 atom stereocenters. The molecule has 0 heterocycles. The molecule has 0 aliphatic rings. The van der Waals surface area contributed by atoms with E-state index < -0.39 is 0 Å². The van der Waals surface area contributed by atoms with E-state index in [1.54, 1.807) is 36.4 Å². The largest absolute Gasteiger partial charge is 0.494 e. The highest BCUT2D eigenvalue weighted by Gasteiger charge is 2.17. The van der Waals surface area contributed by atoms with Gasteiger partial charge in [0.1, 0.15) is 5.75 Å². The number of rotatable bonds is 4. The predicted octanol–water partition coefficient (Wildman–Crippen LogP) is 5.39. The van der Waals surface area contributed by atoms with E-state index in [1.807, 2.05) is 6.92 Å². The Morgan fingerprint density at radius 1 is 1.20 bits per heavy atom. The first-order valence-electron chi connectivity index (χ1n) is 5.95. The van der Waals surface area contributed by atoms with Crippen LogP contribution in [0.25, 0.3) is 0 Å². The molecule has 5 heteroatoms. The Labute approximate surface area is 135 Å². The number of hydrogen-bond acceptors (Lipinski definition) is 2. The van der Waals surface area contributed by atoms with Gasteiger partial charge in [0, 0.05) is 15.6 Å². The zero-order valence-corrected chi connectivity index (χ0v) is 13.7. The third-order valence-corrected chi connectivity index (χ3v) is 4.17. The Morgan fingerprint density at radius 2 is 1.95 bits per heavy atom. The number of carbonyl (C=O) groups excluding carboxylic acids is 1. The van der Waals surface area contributed by atoms with Gasteiger partial charge in [-0.15, -0.1) is 0 Å². The average Bonchev–Trinajstić information content (AvgIpc) is 2.42. The molecule has 0 saturated heterocycles. The fourth-order valence-corrected chi connectivity index (χ4v) is 2.68. The monoisotopic (exact) mass is 372 g/mol. The summed E-state index contributed by atoms with van der Waals surface area (Å²) in [6.45, 7) is 2.47. The maximum atomic E-state index is 12.5. The van der Waals surface area contributed by atoms with Crippen molar-refractivity contribution in [3.8, 4) is 5.75 Å². The van der Waals surface area contributed by atoms with Gasteiger partial charge in [-0.25, -0.2) is 0 Å². The van der Waals surface area contributed by atoms with Crippen LogP contribution in [0.1, 0.15) is 22.8 Å². The second-order valence-electron chi connectivity index (χ2n) is 4.01. The maximum absolute atomic E-state index is 12.5. The highest BCUT2D eigenvalue weighted by atomic mass is 79.9. The van der Waals surface area contributed by atoms with Gasteiger partial charge in [0.05, 0.1) is 16.7 Å². The lowest BCUT2D eigenvalue weighted by Crippen LogP contribution is -2.04. The highest BCUT2D eigenvalue weighted by Crippen LogP contribution is 2.30. The van der Waals surface area contributed by atoms with Crippen molar-refractivity contribution < 1.29 is 9.53 Å². The van der Waals surface area contributed by atoms with Crippen LogP contribution in [-0.4, -0.2) is 12.4 Å². The lowest BCUT2D eigenvalue weighted by atomic mass is 10.0. The van der Waals surface area contributed by atoms with Crippen LogP contribution in [0.4, 0.5) is 0 Å². The van der Waals surface area contributed by atoms with Crippen molar-refractivity contribution in [3.05, 3.63) is 62.0 Å². The Bertz CT molecular complexity index is 656. The number of carbonyl (C=O) groups is 1. The second-order valence-corrected chi connectivity index (χ2v) is 5.64. The van der Waals surface area contributed by atoms with E-state index in [4.69, 9.17) is 27.9 Å². The first kappa shape index (κ1) is 15.4. The molecule has 2 nitrogen and oxygen atoms in total. The molecule has 0 unspecified atom stereocenters. The van der Waals surface area contributed by atoms with E-state index in [9.17, 15) is 4.79 Å². The molecule has 0 radical (unpaired) electrons. The van der Waals surface area contributed by atoms with Crippen molar-refractivity contribution in [3.63, 3.8) is 0 Å². The van der Waals surface area contributed by atoms with E-state index in [-0.39, 0.29) is 10.8 Å². The van der Waals surface area contributed by atoms with Crippen molar-refractivity contribution in [2.75, 3.05) is 6.61 Å². The van der Waals surface area contributed by atoms with Crippen LogP contribution in [-0.2, 0) is 0 Å². The van der Waals surface area contributed by atoms with Crippen molar-refractivity contribution in [1.82, 2.24) is 0 Å². The Hall–Kier alpha value is -1.03. The Balaban J connectivity index is 2.41. The maximum Gasteiger partial charge on any atom is 0.195 e.